The fourth-order valence-electron chi connectivity index (χ4n) is 2.10. The predicted molar refractivity (Wildman–Crippen MR) is 79.9 cm³/mol. The van der Waals surface area contributed by atoms with E-state index in [1.165, 1.54) is 6.07 Å². The molecule has 0 atom stereocenters. The van der Waals surface area contributed by atoms with E-state index in [4.69, 9.17) is 23.8 Å². The molecular formula is C15H15ClFN3. The van der Waals surface area contributed by atoms with Crippen LogP contribution in [-0.2, 0) is 13.0 Å². The largest absolute Gasteiger partial charge is 0.383 e. The van der Waals surface area contributed by atoms with Crippen LogP contribution in [0.15, 0.2) is 18.2 Å². The summed E-state index contributed by atoms with van der Waals surface area (Å²) in [6, 6.07) is 4.49. The van der Waals surface area contributed by atoms with Gasteiger partial charge in [-0.2, -0.15) is 0 Å². The van der Waals surface area contributed by atoms with Gasteiger partial charge in [0.15, 0.2) is 0 Å². The Labute approximate surface area is 122 Å². The minimum atomic E-state index is -0.447. The third-order valence-corrected chi connectivity index (χ3v) is 3.32. The Morgan fingerprint density at radius 3 is 2.85 bits per heavy atom. The molecule has 2 aromatic rings. The van der Waals surface area contributed by atoms with E-state index in [-0.39, 0.29) is 10.6 Å². The topological polar surface area (TPSA) is 43.8 Å². The van der Waals surface area contributed by atoms with Gasteiger partial charge in [0.05, 0.1) is 17.1 Å². The molecule has 2 rings (SSSR count). The molecule has 0 saturated carbocycles. The van der Waals surface area contributed by atoms with E-state index in [9.17, 15) is 4.39 Å². The van der Waals surface area contributed by atoms with Gasteiger partial charge in [-0.25, -0.2) is 9.37 Å². The fourth-order valence-corrected chi connectivity index (χ4v) is 2.36. The van der Waals surface area contributed by atoms with Crippen LogP contribution in [0, 0.1) is 18.2 Å². The highest BCUT2D eigenvalue weighted by Gasteiger charge is 2.20. The van der Waals surface area contributed by atoms with Crippen molar-refractivity contribution in [3.05, 3.63) is 34.9 Å². The van der Waals surface area contributed by atoms with Crippen LogP contribution in [0.2, 0.25) is 5.02 Å². The maximum Gasteiger partial charge on any atom is 0.134 e. The van der Waals surface area contributed by atoms with Crippen LogP contribution >= 0.6 is 11.6 Å². The van der Waals surface area contributed by atoms with Crippen molar-refractivity contribution >= 4 is 17.4 Å². The number of nitrogens with two attached hydrogens (primary N) is 1. The summed E-state index contributed by atoms with van der Waals surface area (Å²) in [6.07, 6.45) is 6.96. The van der Waals surface area contributed by atoms with E-state index in [0.29, 0.717) is 18.1 Å². The van der Waals surface area contributed by atoms with Crippen molar-refractivity contribution in [2.75, 3.05) is 5.73 Å². The Morgan fingerprint density at radius 1 is 1.50 bits per heavy atom. The van der Waals surface area contributed by atoms with Gasteiger partial charge in [-0.05, 0) is 18.6 Å². The molecule has 0 spiro atoms. The lowest BCUT2D eigenvalue weighted by atomic mass is 10.1. The Bertz CT molecular complexity index is 650. The summed E-state index contributed by atoms with van der Waals surface area (Å²) >= 11 is 6.07. The first-order valence-electron chi connectivity index (χ1n) is 6.32. The highest BCUT2D eigenvalue weighted by molar-refractivity contribution is 6.33. The first kappa shape index (κ1) is 14.4. The maximum atomic E-state index is 14.0. The zero-order chi connectivity index (χ0) is 14.7. The van der Waals surface area contributed by atoms with Gasteiger partial charge in [-0.3, -0.25) is 0 Å². The highest BCUT2D eigenvalue weighted by atomic mass is 35.5. The Kier molecular flexibility index (Phi) is 4.31. The second-order valence-corrected chi connectivity index (χ2v) is 4.81. The first-order valence-corrected chi connectivity index (χ1v) is 6.70. The minimum Gasteiger partial charge on any atom is -0.383 e. The number of rotatable bonds is 4. The molecule has 0 bridgehead atoms. The number of terminal acetylenes is 1. The molecule has 3 nitrogen and oxygen atoms in total. The van der Waals surface area contributed by atoms with Gasteiger partial charge in [0.2, 0.25) is 0 Å². The normalized spacial score (nSPS) is 10.5. The van der Waals surface area contributed by atoms with Crippen LogP contribution in [0.3, 0.4) is 0 Å². The molecule has 0 aliphatic rings. The number of imidazole rings is 1. The maximum absolute atomic E-state index is 14.0. The number of nitrogens with zero attached hydrogens (tertiary/aromatic N) is 2. The second-order valence-electron chi connectivity index (χ2n) is 4.40. The summed E-state index contributed by atoms with van der Waals surface area (Å²) < 4.78 is 15.7. The second kappa shape index (κ2) is 5.98. The zero-order valence-electron chi connectivity index (χ0n) is 11.2. The van der Waals surface area contributed by atoms with Gasteiger partial charge in [0.25, 0.3) is 0 Å². The van der Waals surface area contributed by atoms with E-state index in [1.807, 2.05) is 6.92 Å². The summed E-state index contributed by atoms with van der Waals surface area (Å²) in [4.78, 5) is 4.43. The zero-order valence-corrected chi connectivity index (χ0v) is 11.9. The minimum absolute atomic E-state index is 0.222. The SMILES string of the molecule is C#CCn1c(CCC)nc(-c2c(F)cccc2Cl)c1N. The Hall–Kier alpha value is -1.99. The van der Waals surface area contributed by atoms with Crippen molar-refractivity contribution in [1.29, 1.82) is 0 Å². The Morgan fingerprint density at radius 2 is 2.25 bits per heavy atom. The smallest absolute Gasteiger partial charge is 0.134 e. The quantitative estimate of drug-likeness (QED) is 0.876. The molecule has 2 N–H and O–H groups in total. The molecule has 0 fully saturated rings. The number of hydrogen-bond acceptors (Lipinski definition) is 2. The molecule has 1 aromatic carbocycles. The summed E-state index contributed by atoms with van der Waals surface area (Å²) in [6.45, 7) is 2.33. The lowest BCUT2D eigenvalue weighted by molar-refractivity contribution is 0.631. The molecular weight excluding hydrogens is 277 g/mol. The van der Waals surface area contributed by atoms with E-state index >= 15 is 0 Å². The molecule has 1 aromatic heterocycles. The molecule has 0 saturated heterocycles. The van der Waals surface area contributed by atoms with Gasteiger partial charge in [0.1, 0.15) is 23.2 Å². The van der Waals surface area contributed by atoms with Crippen molar-refractivity contribution in [1.82, 2.24) is 9.55 Å². The molecule has 0 amide bonds. The van der Waals surface area contributed by atoms with Crippen molar-refractivity contribution in [3.63, 3.8) is 0 Å². The van der Waals surface area contributed by atoms with E-state index in [1.54, 1.807) is 16.7 Å². The number of anilines is 1. The number of aryl methyl sites for hydroxylation is 1. The van der Waals surface area contributed by atoms with Gasteiger partial charge in [-0.15, -0.1) is 6.42 Å². The predicted octanol–water partition coefficient (Wildman–Crippen LogP) is 3.51. The number of hydrogen-bond donors (Lipinski definition) is 1. The van der Waals surface area contributed by atoms with Crippen molar-refractivity contribution in [2.24, 2.45) is 0 Å². The fraction of sp³-hybridized carbons (Fsp3) is 0.267. The number of aromatic nitrogens is 2. The number of benzene rings is 1. The molecule has 0 radical (unpaired) electrons. The molecule has 5 heteroatoms. The summed E-state index contributed by atoms with van der Waals surface area (Å²) in [7, 11) is 0. The standard InChI is InChI=1S/C15H15ClFN3/c1-3-6-12-19-14(15(18)20(12)9-4-2)13-10(16)7-5-8-11(13)17/h2,5,7-8H,3,6,9,18H2,1H3. The summed E-state index contributed by atoms with van der Waals surface area (Å²) in [5.74, 6) is 3.18. The number of nitrogen functional groups attached to an aromatic ring is 1. The van der Waals surface area contributed by atoms with E-state index in [0.717, 1.165) is 18.7 Å². The average Bonchev–Trinajstić information content (AvgIpc) is 2.69. The van der Waals surface area contributed by atoms with E-state index < -0.39 is 5.82 Å². The lowest BCUT2D eigenvalue weighted by Crippen LogP contribution is -2.06. The number of halogens is 2. The molecule has 0 unspecified atom stereocenters. The molecule has 20 heavy (non-hydrogen) atoms. The van der Waals surface area contributed by atoms with Crippen molar-refractivity contribution < 1.29 is 4.39 Å². The van der Waals surface area contributed by atoms with Crippen LogP contribution < -0.4 is 5.73 Å². The van der Waals surface area contributed by atoms with Crippen LogP contribution in [0.25, 0.3) is 11.3 Å². The lowest BCUT2D eigenvalue weighted by Gasteiger charge is -2.06. The summed E-state index contributed by atoms with van der Waals surface area (Å²) in [5.41, 5.74) is 6.65. The van der Waals surface area contributed by atoms with Crippen LogP contribution in [0.1, 0.15) is 19.2 Å². The third-order valence-electron chi connectivity index (χ3n) is 3.01. The van der Waals surface area contributed by atoms with Crippen molar-refractivity contribution in [3.8, 4) is 23.6 Å². The summed E-state index contributed by atoms with van der Waals surface area (Å²) in [5, 5.41) is 0.283. The van der Waals surface area contributed by atoms with Crippen LogP contribution in [0.4, 0.5) is 10.2 Å². The molecule has 1 heterocycles. The van der Waals surface area contributed by atoms with E-state index in [2.05, 4.69) is 10.9 Å². The first-order chi connectivity index (χ1) is 9.60. The van der Waals surface area contributed by atoms with Gasteiger partial charge >= 0.3 is 0 Å². The average molecular weight is 292 g/mol. The Balaban J connectivity index is 2.64. The van der Waals surface area contributed by atoms with Gasteiger partial charge in [0, 0.05) is 6.42 Å². The monoisotopic (exact) mass is 291 g/mol. The third kappa shape index (κ3) is 2.50. The molecule has 0 aliphatic carbocycles. The molecule has 0 aliphatic heterocycles. The highest BCUT2D eigenvalue weighted by Crippen LogP contribution is 2.34. The van der Waals surface area contributed by atoms with Crippen molar-refractivity contribution in [2.45, 2.75) is 26.3 Å². The van der Waals surface area contributed by atoms with Crippen LogP contribution in [0.5, 0.6) is 0 Å². The molecule has 104 valence electrons. The van der Waals surface area contributed by atoms with Crippen LogP contribution in [-0.4, -0.2) is 9.55 Å². The van der Waals surface area contributed by atoms with Gasteiger partial charge < -0.3 is 10.3 Å². The van der Waals surface area contributed by atoms with Gasteiger partial charge in [-0.1, -0.05) is 30.5 Å².